The first-order valence-corrected chi connectivity index (χ1v) is 8.77. The van der Waals surface area contributed by atoms with Crippen LogP contribution in [0.25, 0.3) is 0 Å². The van der Waals surface area contributed by atoms with E-state index in [9.17, 15) is 14.9 Å². The molecule has 2 aromatic heterocycles. The van der Waals surface area contributed by atoms with E-state index in [-0.39, 0.29) is 17.8 Å². The predicted octanol–water partition coefficient (Wildman–Crippen LogP) is 3.20. The molecule has 8 heteroatoms. The van der Waals surface area contributed by atoms with Crippen molar-refractivity contribution in [2.45, 2.75) is 31.8 Å². The number of rotatable bonds is 6. The fourth-order valence-electron chi connectivity index (χ4n) is 3.13. The maximum Gasteiger partial charge on any atom is 0.433 e. The lowest BCUT2D eigenvalue weighted by Crippen LogP contribution is -2.43. The molecule has 0 spiro atoms. The first-order chi connectivity index (χ1) is 11.6. The molecule has 0 unspecified atom stereocenters. The van der Waals surface area contributed by atoms with Crippen molar-refractivity contribution < 1.29 is 14.1 Å². The topological polar surface area (TPSA) is 88.6 Å². The molecule has 7 nitrogen and oxygen atoms in total. The van der Waals surface area contributed by atoms with Gasteiger partial charge in [-0.15, -0.1) is 11.3 Å². The van der Waals surface area contributed by atoms with Crippen LogP contribution in [-0.2, 0) is 0 Å². The first-order valence-electron chi connectivity index (χ1n) is 7.89. The monoisotopic (exact) mass is 349 g/mol. The fourth-order valence-corrected chi connectivity index (χ4v) is 4.09. The highest BCUT2D eigenvalue weighted by atomic mass is 32.1. The average Bonchev–Trinajstić information content (AvgIpc) is 3.30. The first kappa shape index (κ1) is 16.7. The molecule has 1 aliphatic heterocycles. The molecule has 3 heterocycles. The normalized spacial score (nSPS) is 17.5. The van der Waals surface area contributed by atoms with Crippen LogP contribution in [0.5, 0.6) is 0 Å². The number of carbonyl (C=O) groups is 1. The molecule has 1 saturated heterocycles. The zero-order valence-corrected chi connectivity index (χ0v) is 14.1. The van der Waals surface area contributed by atoms with E-state index < -0.39 is 16.7 Å². The fraction of sp³-hybridized carbons (Fsp3) is 0.438. The predicted molar refractivity (Wildman–Crippen MR) is 90.2 cm³/mol. The number of nitrogens with zero attached hydrogens (tertiary/aromatic N) is 2. The van der Waals surface area contributed by atoms with Gasteiger partial charge in [0, 0.05) is 10.9 Å². The van der Waals surface area contributed by atoms with Crippen molar-refractivity contribution in [1.82, 2.24) is 10.2 Å². The minimum absolute atomic E-state index is 0.0418. The maximum atomic E-state index is 12.3. The Labute approximate surface area is 143 Å². The van der Waals surface area contributed by atoms with Crippen molar-refractivity contribution in [1.29, 1.82) is 0 Å². The number of carbonyl (C=O) groups excluding carboxylic acids is 1. The quantitative estimate of drug-likeness (QED) is 0.639. The van der Waals surface area contributed by atoms with E-state index in [4.69, 9.17) is 4.42 Å². The minimum Gasteiger partial charge on any atom is -0.395 e. The van der Waals surface area contributed by atoms with Gasteiger partial charge in [-0.3, -0.25) is 19.8 Å². The number of likely N-dealkylation sites (tertiary alicyclic amines) is 1. The Morgan fingerprint density at radius 3 is 2.71 bits per heavy atom. The summed E-state index contributed by atoms with van der Waals surface area (Å²) in [5.74, 6) is -0.904. The Morgan fingerprint density at radius 2 is 2.12 bits per heavy atom. The van der Waals surface area contributed by atoms with Crippen LogP contribution in [-0.4, -0.2) is 34.9 Å². The van der Waals surface area contributed by atoms with E-state index in [0.717, 1.165) is 25.9 Å². The maximum absolute atomic E-state index is 12.3. The second-order valence-electron chi connectivity index (χ2n) is 5.86. The molecule has 1 N–H and O–H groups in total. The van der Waals surface area contributed by atoms with E-state index in [1.54, 1.807) is 11.3 Å². The average molecular weight is 349 g/mol. The Balaban J connectivity index is 1.73. The van der Waals surface area contributed by atoms with Crippen LogP contribution in [0.15, 0.2) is 34.1 Å². The third-order valence-electron chi connectivity index (χ3n) is 4.20. The molecular weight excluding hydrogens is 330 g/mol. The molecular formula is C16H19N3O4S. The Kier molecular flexibility index (Phi) is 4.96. The van der Waals surface area contributed by atoms with E-state index in [1.807, 2.05) is 18.4 Å². The molecule has 0 saturated carbocycles. The molecule has 0 bridgehead atoms. The van der Waals surface area contributed by atoms with Gasteiger partial charge in [-0.2, -0.15) is 0 Å². The molecule has 24 heavy (non-hydrogen) atoms. The smallest absolute Gasteiger partial charge is 0.395 e. The summed E-state index contributed by atoms with van der Waals surface area (Å²) in [6.45, 7) is 3.97. The van der Waals surface area contributed by atoms with Gasteiger partial charge in [0.15, 0.2) is 5.76 Å². The van der Waals surface area contributed by atoms with Gasteiger partial charge < -0.3 is 9.73 Å². The van der Waals surface area contributed by atoms with Crippen LogP contribution in [0.1, 0.15) is 41.2 Å². The molecule has 1 fully saturated rings. The summed E-state index contributed by atoms with van der Waals surface area (Å²) in [6.07, 6.45) is 2.32. The highest BCUT2D eigenvalue weighted by Crippen LogP contribution is 2.31. The highest BCUT2D eigenvalue weighted by Gasteiger charge is 2.31. The van der Waals surface area contributed by atoms with Crippen molar-refractivity contribution in [2.75, 3.05) is 13.1 Å². The zero-order valence-electron chi connectivity index (χ0n) is 13.3. The standard InChI is InChI=1S/C16H19N3O4S/c1-11(17-16(20)12-6-7-14(23-12)19(21)22)15(13-5-4-10-24-13)18-8-2-3-9-18/h4-7,10-11,15H,2-3,8-9H2,1H3,(H,17,20)/t11-,15-/m1/s1. The van der Waals surface area contributed by atoms with Crippen molar-refractivity contribution in [2.24, 2.45) is 0 Å². The van der Waals surface area contributed by atoms with Gasteiger partial charge in [0.1, 0.15) is 4.92 Å². The van der Waals surface area contributed by atoms with Gasteiger partial charge in [0.05, 0.1) is 12.1 Å². The van der Waals surface area contributed by atoms with E-state index in [2.05, 4.69) is 16.3 Å². The minimum atomic E-state index is -0.654. The number of nitro groups is 1. The van der Waals surface area contributed by atoms with Crippen molar-refractivity contribution in [3.8, 4) is 0 Å². The highest BCUT2D eigenvalue weighted by molar-refractivity contribution is 7.10. The Morgan fingerprint density at radius 1 is 1.38 bits per heavy atom. The number of amides is 1. The molecule has 0 aliphatic carbocycles. The van der Waals surface area contributed by atoms with Gasteiger partial charge in [-0.1, -0.05) is 6.07 Å². The summed E-state index contributed by atoms with van der Waals surface area (Å²) in [4.78, 5) is 25.9. The van der Waals surface area contributed by atoms with E-state index in [0.29, 0.717) is 0 Å². The van der Waals surface area contributed by atoms with Crippen LogP contribution in [0.3, 0.4) is 0 Å². The lowest BCUT2D eigenvalue weighted by Gasteiger charge is -2.32. The van der Waals surface area contributed by atoms with E-state index in [1.165, 1.54) is 17.0 Å². The van der Waals surface area contributed by atoms with Gasteiger partial charge in [0.25, 0.3) is 5.91 Å². The van der Waals surface area contributed by atoms with Gasteiger partial charge in [-0.05, 0) is 50.4 Å². The molecule has 2 atom stereocenters. The summed E-state index contributed by atoms with van der Waals surface area (Å²) >= 11 is 1.67. The summed E-state index contributed by atoms with van der Waals surface area (Å²) in [5, 5.41) is 15.6. The van der Waals surface area contributed by atoms with Crippen LogP contribution in [0, 0.1) is 10.1 Å². The summed E-state index contributed by atoms with van der Waals surface area (Å²) in [7, 11) is 0. The molecule has 0 aromatic carbocycles. The third kappa shape index (κ3) is 3.49. The Hall–Kier alpha value is -2.19. The van der Waals surface area contributed by atoms with E-state index >= 15 is 0 Å². The second-order valence-corrected chi connectivity index (χ2v) is 6.84. The number of hydrogen-bond donors (Lipinski definition) is 1. The molecule has 0 radical (unpaired) electrons. The lowest BCUT2D eigenvalue weighted by atomic mass is 10.1. The number of nitrogens with one attached hydrogen (secondary N) is 1. The van der Waals surface area contributed by atoms with Crippen LogP contribution in [0.2, 0.25) is 0 Å². The third-order valence-corrected chi connectivity index (χ3v) is 5.14. The van der Waals surface area contributed by atoms with Crippen LogP contribution in [0.4, 0.5) is 5.88 Å². The Bertz CT molecular complexity index is 707. The molecule has 1 amide bonds. The summed E-state index contributed by atoms with van der Waals surface area (Å²) in [5.41, 5.74) is 0. The SMILES string of the molecule is C[C@@H](NC(=O)c1ccc([N+](=O)[O-])o1)[C@H](c1cccs1)N1CCCC1. The number of hydrogen-bond acceptors (Lipinski definition) is 6. The van der Waals surface area contributed by atoms with Crippen LogP contribution < -0.4 is 5.32 Å². The lowest BCUT2D eigenvalue weighted by molar-refractivity contribution is -0.402. The largest absolute Gasteiger partial charge is 0.433 e. The zero-order chi connectivity index (χ0) is 17.1. The molecule has 1 aliphatic rings. The molecule has 2 aromatic rings. The van der Waals surface area contributed by atoms with Crippen molar-refractivity contribution in [3.05, 3.63) is 50.4 Å². The van der Waals surface area contributed by atoms with Crippen molar-refractivity contribution in [3.63, 3.8) is 0 Å². The summed E-state index contributed by atoms with van der Waals surface area (Å²) in [6, 6.07) is 6.56. The van der Waals surface area contributed by atoms with Gasteiger partial charge in [0.2, 0.25) is 0 Å². The molecule has 128 valence electrons. The summed E-state index contributed by atoms with van der Waals surface area (Å²) < 4.78 is 4.98. The molecule has 3 rings (SSSR count). The van der Waals surface area contributed by atoms with Gasteiger partial charge in [-0.25, -0.2) is 0 Å². The van der Waals surface area contributed by atoms with Gasteiger partial charge >= 0.3 is 5.88 Å². The number of furan rings is 1. The second kappa shape index (κ2) is 7.14. The van der Waals surface area contributed by atoms with Crippen LogP contribution >= 0.6 is 11.3 Å². The van der Waals surface area contributed by atoms with Crippen molar-refractivity contribution >= 4 is 23.1 Å². The number of thiophene rings is 1.